The Kier molecular flexibility index (Phi) is 2.73. The Morgan fingerprint density at radius 1 is 1.35 bits per heavy atom. The van der Waals surface area contributed by atoms with Crippen molar-refractivity contribution in [3.63, 3.8) is 0 Å². The Bertz CT molecular complexity index is 545. The van der Waals surface area contributed by atoms with Crippen molar-refractivity contribution in [1.29, 1.82) is 0 Å². The van der Waals surface area contributed by atoms with E-state index in [0.29, 0.717) is 0 Å². The monoisotopic (exact) mass is 250 g/mol. The lowest BCUT2D eigenvalue weighted by molar-refractivity contribution is 0.554. The number of nitrogens with two attached hydrogens (primary N) is 1. The molecular formula is C12H18N4S. The normalized spacial score (nSPS) is 12.1. The van der Waals surface area contributed by atoms with E-state index < -0.39 is 0 Å². The molecule has 0 atom stereocenters. The van der Waals surface area contributed by atoms with Crippen LogP contribution in [0.15, 0.2) is 6.20 Å². The Morgan fingerprint density at radius 3 is 2.47 bits per heavy atom. The molecule has 17 heavy (non-hydrogen) atoms. The Balaban J connectivity index is 2.63. The number of aromatic nitrogens is 3. The SMILES string of the molecule is Cc1nc(-c2cn(C)nc2C(C)(C)C)c(N)s1. The molecule has 0 amide bonds. The van der Waals surface area contributed by atoms with Gasteiger partial charge in [0, 0.05) is 24.2 Å². The van der Waals surface area contributed by atoms with Gasteiger partial charge in [-0.25, -0.2) is 4.98 Å². The summed E-state index contributed by atoms with van der Waals surface area (Å²) in [5, 5.41) is 6.29. The quantitative estimate of drug-likeness (QED) is 0.846. The molecule has 2 aromatic heterocycles. The van der Waals surface area contributed by atoms with Crippen LogP contribution in [0.4, 0.5) is 5.00 Å². The zero-order chi connectivity index (χ0) is 12.8. The summed E-state index contributed by atoms with van der Waals surface area (Å²) in [6, 6.07) is 0. The summed E-state index contributed by atoms with van der Waals surface area (Å²) in [7, 11) is 1.92. The molecule has 5 heteroatoms. The van der Waals surface area contributed by atoms with E-state index in [-0.39, 0.29) is 5.41 Å². The van der Waals surface area contributed by atoms with E-state index in [9.17, 15) is 0 Å². The van der Waals surface area contributed by atoms with Crippen LogP contribution in [0.1, 0.15) is 31.5 Å². The molecule has 0 aliphatic carbocycles. The van der Waals surface area contributed by atoms with Crippen LogP contribution in [0.5, 0.6) is 0 Å². The van der Waals surface area contributed by atoms with Gasteiger partial charge in [-0.3, -0.25) is 4.68 Å². The maximum atomic E-state index is 6.01. The van der Waals surface area contributed by atoms with Crippen molar-refractivity contribution >= 4 is 16.3 Å². The highest BCUT2D eigenvalue weighted by atomic mass is 32.1. The molecule has 0 fully saturated rings. The van der Waals surface area contributed by atoms with Gasteiger partial charge < -0.3 is 5.73 Å². The molecule has 4 nitrogen and oxygen atoms in total. The molecule has 0 spiro atoms. The molecule has 0 aliphatic heterocycles. The van der Waals surface area contributed by atoms with Crippen molar-refractivity contribution in [1.82, 2.24) is 14.8 Å². The summed E-state index contributed by atoms with van der Waals surface area (Å²) >= 11 is 1.52. The first-order valence-corrected chi connectivity index (χ1v) is 6.38. The maximum absolute atomic E-state index is 6.01. The lowest BCUT2D eigenvalue weighted by atomic mass is 9.89. The van der Waals surface area contributed by atoms with Gasteiger partial charge in [-0.1, -0.05) is 20.8 Å². The molecule has 2 N–H and O–H groups in total. The fourth-order valence-corrected chi connectivity index (χ4v) is 2.56. The first-order valence-electron chi connectivity index (χ1n) is 5.56. The second-order valence-electron chi connectivity index (χ2n) is 5.26. The Hall–Kier alpha value is -1.36. The summed E-state index contributed by atoms with van der Waals surface area (Å²) in [5.41, 5.74) is 8.95. The third kappa shape index (κ3) is 2.20. The zero-order valence-electron chi connectivity index (χ0n) is 10.9. The van der Waals surface area contributed by atoms with E-state index in [1.807, 2.05) is 24.9 Å². The molecule has 2 aromatic rings. The van der Waals surface area contributed by atoms with E-state index in [2.05, 4.69) is 30.9 Å². The van der Waals surface area contributed by atoms with Gasteiger partial charge >= 0.3 is 0 Å². The van der Waals surface area contributed by atoms with E-state index in [1.165, 1.54) is 11.3 Å². The van der Waals surface area contributed by atoms with Crippen LogP contribution in [0.2, 0.25) is 0 Å². The smallest absolute Gasteiger partial charge is 0.114 e. The van der Waals surface area contributed by atoms with Gasteiger partial charge in [0.15, 0.2) is 0 Å². The molecule has 0 saturated heterocycles. The zero-order valence-corrected chi connectivity index (χ0v) is 11.7. The first kappa shape index (κ1) is 12.1. The molecule has 2 rings (SSSR count). The summed E-state index contributed by atoms with van der Waals surface area (Å²) in [4.78, 5) is 4.51. The lowest BCUT2D eigenvalue weighted by Gasteiger charge is -2.16. The van der Waals surface area contributed by atoms with Crippen LogP contribution in [-0.2, 0) is 12.5 Å². The fraction of sp³-hybridized carbons (Fsp3) is 0.500. The molecule has 0 bridgehead atoms. The van der Waals surface area contributed by atoms with Crippen LogP contribution in [0.25, 0.3) is 11.3 Å². The highest BCUT2D eigenvalue weighted by molar-refractivity contribution is 7.16. The van der Waals surface area contributed by atoms with Crippen molar-refractivity contribution in [2.24, 2.45) is 7.05 Å². The molecule has 0 saturated carbocycles. The average Bonchev–Trinajstić information content (AvgIpc) is 2.68. The minimum Gasteiger partial charge on any atom is -0.389 e. The van der Waals surface area contributed by atoms with Gasteiger partial charge in [-0.15, -0.1) is 11.3 Å². The average molecular weight is 250 g/mol. The van der Waals surface area contributed by atoms with Crippen LogP contribution < -0.4 is 5.73 Å². The fourth-order valence-electron chi connectivity index (χ4n) is 1.85. The molecule has 0 aromatic carbocycles. The summed E-state index contributed by atoms with van der Waals surface area (Å²) in [6.07, 6.45) is 1.99. The number of nitrogens with zero attached hydrogens (tertiary/aromatic N) is 3. The van der Waals surface area contributed by atoms with Crippen LogP contribution in [0.3, 0.4) is 0 Å². The molecule has 0 radical (unpaired) electrons. The molecule has 92 valence electrons. The van der Waals surface area contributed by atoms with Crippen molar-refractivity contribution in [3.05, 3.63) is 16.9 Å². The molecular weight excluding hydrogens is 232 g/mol. The third-order valence-corrected chi connectivity index (χ3v) is 3.35. The standard InChI is InChI=1S/C12H18N4S/c1-7-14-9(11(13)17-7)8-6-16(5)15-10(8)12(2,3)4/h6H,13H2,1-5H3. The maximum Gasteiger partial charge on any atom is 0.114 e. The lowest BCUT2D eigenvalue weighted by Crippen LogP contribution is -2.14. The predicted molar refractivity (Wildman–Crippen MR) is 72.2 cm³/mol. The van der Waals surface area contributed by atoms with Crippen molar-refractivity contribution in [2.75, 3.05) is 5.73 Å². The van der Waals surface area contributed by atoms with E-state index in [4.69, 9.17) is 5.73 Å². The van der Waals surface area contributed by atoms with Crippen molar-refractivity contribution < 1.29 is 0 Å². The predicted octanol–water partition coefficient (Wildman–Crippen LogP) is 2.73. The summed E-state index contributed by atoms with van der Waals surface area (Å²) in [6.45, 7) is 8.41. The number of hydrogen-bond donors (Lipinski definition) is 1. The topological polar surface area (TPSA) is 56.7 Å². The van der Waals surface area contributed by atoms with Crippen LogP contribution in [0, 0.1) is 6.92 Å². The summed E-state index contributed by atoms with van der Waals surface area (Å²) in [5.74, 6) is 0. The van der Waals surface area contributed by atoms with Crippen molar-refractivity contribution in [3.8, 4) is 11.3 Å². The van der Waals surface area contributed by atoms with E-state index >= 15 is 0 Å². The minimum absolute atomic E-state index is 0.0133. The largest absolute Gasteiger partial charge is 0.389 e. The van der Waals surface area contributed by atoms with Gasteiger partial charge in [-0.2, -0.15) is 5.10 Å². The molecule has 0 aliphatic rings. The number of nitrogen functional groups attached to an aromatic ring is 1. The van der Waals surface area contributed by atoms with Gasteiger partial charge in [0.25, 0.3) is 0 Å². The Labute approximate surface area is 105 Å². The van der Waals surface area contributed by atoms with E-state index in [0.717, 1.165) is 27.0 Å². The summed E-state index contributed by atoms with van der Waals surface area (Å²) < 4.78 is 1.82. The highest BCUT2D eigenvalue weighted by Gasteiger charge is 2.25. The molecule has 2 heterocycles. The number of anilines is 1. The second-order valence-corrected chi connectivity index (χ2v) is 6.50. The first-order chi connectivity index (χ1) is 7.79. The van der Waals surface area contributed by atoms with Gasteiger partial charge in [-0.05, 0) is 6.92 Å². The van der Waals surface area contributed by atoms with Gasteiger partial charge in [0.1, 0.15) is 10.7 Å². The van der Waals surface area contributed by atoms with Crippen molar-refractivity contribution in [2.45, 2.75) is 33.1 Å². The highest BCUT2D eigenvalue weighted by Crippen LogP contribution is 2.36. The van der Waals surface area contributed by atoms with Crippen LogP contribution in [-0.4, -0.2) is 14.8 Å². The van der Waals surface area contributed by atoms with Crippen LogP contribution >= 0.6 is 11.3 Å². The van der Waals surface area contributed by atoms with Gasteiger partial charge in [0.2, 0.25) is 0 Å². The van der Waals surface area contributed by atoms with E-state index in [1.54, 1.807) is 0 Å². The van der Waals surface area contributed by atoms with Gasteiger partial charge in [0.05, 0.1) is 10.7 Å². The Morgan fingerprint density at radius 2 is 2.00 bits per heavy atom. The third-order valence-electron chi connectivity index (χ3n) is 2.55. The second kappa shape index (κ2) is 3.84. The molecule has 0 unspecified atom stereocenters. The minimum atomic E-state index is -0.0133. The number of rotatable bonds is 1. The number of aryl methyl sites for hydroxylation is 2. The number of thiazole rings is 1. The number of hydrogen-bond acceptors (Lipinski definition) is 4.